The molecule has 0 amide bonds. The van der Waals surface area contributed by atoms with Crippen molar-refractivity contribution < 1.29 is 9.94 Å². The fourth-order valence-corrected chi connectivity index (χ4v) is 1.20. The molecule has 4 nitrogen and oxygen atoms in total. The fraction of sp³-hybridized carbons (Fsp3) is 0.417. The van der Waals surface area contributed by atoms with Crippen LogP contribution in [-0.2, 0) is 0 Å². The Morgan fingerprint density at radius 1 is 1.29 bits per heavy atom. The van der Waals surface area contributed by atoms with Gasteiger partial charge in [0.15, 0.2) is 0 Å². The topological polar surface area (TPSA) is 45.1 Å². The van der Waals surface area contributed by atoms with E-state index in [1.54, 1.807) is 6.92 Å². The van der Waals surface area contributed by atoms with E-state index in [4.69, 9.17) is 9.94 Å². The van der Waals surface area contributed by atoms with Crippen LogP contribution in [0.25, 0.3) is 0 Å². The van der Waals surface area contributed by atoms with E-state index in [0.717, 1.165) is 17.9 Å². The van der Waals surface area contributed by atoms with Crippen LogP contribution >= 0.6 is 12.4 Å². The molecule has 0 fully saturated rings. The minimum absolute atomic E-state index is 0. The Kier molecular flexibility index (Phi) is 7.34. The molecule has 0 spiro atoms. The molecule has 0 heterocycles. The third kappa shape index (κ3) is 5.56. The molecule has 5 heteroatoms. The highest BCUT2D eigenvalue weighted by Gasteiger charge is 1.99. The molecule has 1 rings (SSSR count). The normalized spacial score (nSPS) is 11.2. The standard InChI is InChI=1S/C12H18N2O2.ClH/c1-10(13-15)11-4-6-12(7-5-11)16-9-8-14(2)3;/h4-7,15H,8-9H2,1-3H3;1H/b13-10+;. The van der Waals surface area contributed by atoms with Gasteiger partial charge in [-0.15, -0.1) is 12.4 Å². The lowest BCUT2D eigenvalue weighted by atomic mass is 10.1. The zero-order valence-corrected chi connectivity index (χ0v) is 11.2. The van der Waals surface area contributed by atoms with Crippen LogP contribution < -0.4 is 4.74 Å². The predicted octanol–water partition coefficient (Wildman–Crippen LogP) is 2.25. The number of likely N-dealkylation sites (N-methyl/N-ethyl adjacent to an activating group) is 1. The summed E-state index contributed by atoms with van der Waals surface area (Å²) in [6, 6.07) is 7.50. The van der Waals surface area contributed by atoms with Crippen LogP contribution in [-0.4, -0.2) is 43.1 Å². The first-order valence-corrected chi connectivity index (χ1v) is 5.20. The fourth-order valence-electron chi connectivity index (χ4n) is 1.20. The lowest BCUT2D eigenvalue weighted by molar-refractivity contribution is 0.261. The predicted molar refractivity (Wildman–Crippen MR) is 71.7 cm³/mol. The Morgan fingerprint density at radius 3 is 2.35 bits per heavy atom. The lowest BCUT2D eigenvalue weighted by Gasteiger charge is -2.11. The molecule has 0 aliphatic carbocycles. The number of rotatable bonds is 5. The van der Waals surface area contributed by atoms with Gasteiger partial charge < -0.3 is 14.8 Å². The summed E-state index contributed by atoms with van der Waals surface area (Å²) in [5, 5.41) is 11.8. The highest BCUT2D eigenvalue weighted by atomic mass is 35.5. The molecule has 1 aromatic rings. The number of nitrogens with zero attached hydrogens (tertiary/aromatic N) is 2. The molecule has 1 aromatic carbocycles. The van der Waals surface area contributed by atoms with Crippen molar-refractivity contribution in [2.45, 2.75) is 6.92 Å². The van der Waals surface area contributed by atoms with Crippen LogP contribution in [0.15, 0.2) is 29.4 Å². The highest BCUT2D eigenvalue weighted by molar-refractivity contribution is 5.98. The smallest absolute Gasteiger partial charge is 0.119 e. The number of ether oxygens (including phenoxy) is 1. The van der Waals surface area contributed by atoms with Crippen molar-refractivity contribution in [2.24, 2.45) is 5.16 Å². The van der Waals surface area contributed by atoms with Gasteiger partial charge in [0, 0.05) is 6.54 Å². The molecule has 17 heavy (non-hydrogen) atoms. The van der Waals surface area contributed by atoms with Gasteiger partial charge in [-0.2, -0.15) is 0 Å². The van der Waals surface area contributed by atoms with E-state index in [2.05, 4.69) is 10.1 Å². The van der Waals surface area contributed by atoms with Crippen molar-refractivity contribution in [2.75, 3.05) is 27.2 Å². The molecule has 0 bridgehead atoms. The van der Waals surface area contributed by atoms with Gasteiger partial charge in [-0.3, -0.25) is 0 Å². The molecule has 0 aliphatic heterocycles. The summed E-state index contributed by atoms with van der Waals surface area (Å²) >= 11 is 0. The molecule has 0 saturated heterocycles. The third-order valence-electron chi connectivity index (χ3n) is 2.23. The van der Waals surface area contributed by atoms with Gasteiger partial charge in [-0.25, -0.2) is 0 Å². The molecular formula is C12H19ClN2O2. The maximum absolute atomic E-state index is 8.61. The second-order valence-electron chi connectivity index (χ2n) is 3.86. The van der Waals surface area contributed by atoms with Crippen molar-refractivity contribution >= 4 is 18.1 Å². The SMILES string of the molecule is C/C(=N\O)c1ccc(OCCN(C)C)cc1.Cl. The number of oxime groups is 1. The van der Waals surface area contributed by atoms with E-state index in [1.807, 2.05) is 38.4 Å². The average Bonchev–Trinajstić information content (AvgIpc) is 2.28. The lowest BCUT2D eigenvalue weighted by Crippen LogP contribution is -2.19. The van der Waals surface area contributed by atoms with Gasteiger partial charge in [-0.1, -0.05) is 5.16 Å². The van der Waals surface area contributed by atoms with Crippen LogP contribution in [0.5, 0.6) is 5.75 Å². The molecule has 96 valence electrons. The van der Waals surface area contributed by atoms with Gasteiger partial charge in [0.25, 0.3) is 0 Å². The summed E-state index contributed by atoms with van der Waals surface area (Å²) in [4.78, 5) is 2.07. The Morgan fingerprint density at radius 2 is 1.88 bits per heavy atom. The van der Waals surface area contributed by atoms with Crippen molar-refractivity contribution in [3.63, 3.8) is 0 Å². The Hall–Kier alpha value is -1.26. The second kappa shape index (κ2) is 7.92. The summed E-state index contributed by atoms with van der Waals surface area (Å²) in [6.07, 6.45) is 0. The summed E-state index contributed by atoms with van der Waals surface area (Å²) in [6.45, 7) is 3.31. The second-order valence-corrected chi connectivity index (χ2v) is 3.86. The van der Waals surface area contributed by atoms with Crippen LogP contribution in [0.1, 0.15) is 12.5 Å². The van der Waals surface area contributed by atoms with Crippen LogP contribution in [0.4, 0.5) is 0 Å². The zero-order chi connectivity index (χ0) is 12.0. The van der Waals surface area contributed by atoms with Crippen LogP contribution in [0.3, 0.4) is 0 Å². The maximum atomic E-state index is 8.61. The number of halogens is 1. The third-order valence-corrected chi connectivity index (χ3v) is 2.23. The van der Waals surface area contributed by atoms with Crippen molar-refractivity contribution in [1.82, 2.24) is 4.90 Å². The molecule has 0 radical (unpaired) electrons. The monoisotopic (exact) mass is 258 g/mol. The van der Waals surface area contributed by atoms with E-state index in [9.17, 15) is 0 Å². The van der Waals surface area contributed by atoms with Gasteiger partial charge in [0.05, 0.1) is 5.71 Å². The Labute approximate surface area is 108 Å². The summed E-state index contributed by atoms with van der Waals surface area (Å²) in [5.41, 5.74) is 1.49. The average molecular weight is 259 g/mol. The molecular weight excluding hydrogens is 240 g/mol. The molecule has 0 aromatic heterocycles. The molecule has 0 saturated carbocycles. The quantitative estimate of drug-likeness (QED) is 0.501. The highest BCUT2D eigenvalue weighted by Crippen LogP contribution is 2.12. The van der Waals surface area contributed by atoms with Crippen molar-refractivity contribution in [3.05, 3.63) is 29.8 Å². The minimum atomic E-state index is 0. The van der Waals surface area contributed by atoms with Gasteiger partial charge in [0.1, 0.15) is 12.4 Å². The Balaban J connectivity index is 0.00000256. The first-order chi connectivity index (χ1) is 7.63. The molecule has 0 atom stereocenters. The molecule has 1 N–H and O–H groups in total. The van der Waals surface area contributed by atoms with Crippen molar-refractivity contribution in [1.29, 1.82) is 0 Å². The summed E-state index contributed by atoms with van der Waals surface area (Å²) in [5.74, 6) is 0.830. The summed E-state index contributed by atoms with van der Waals surface area (Å²) < 4.78 is 5.54. The largest absolute Gasteiger partial charge is 0.492 e. The van der Waals surface area contributed by atoms with E-state index in [0.29, 0.717) is 12.3 Å². The van der Waals surface area contributed by atoms with Crippen LogP contribution in [0.2, 0.25) is 0 Å². The van der Waals surface area contributed by atoms with E-state index < -0.39 is 0 Å². The van der Waals surface area contributed by atoms with Gasteiger partial charge in [-0.05, 0) is 50.8 Å². The maximum Gasteiger partial charge on any atom is 0.119 e. The van der Waals surface area contributed by atoms with Gasteiger partial charge >= 0.3 is 0 Å². The molecule has 0 unspecified atom stereocenters. The number of benzene rings is 1. The number of hydrogen-bond donors (Lipinski definition) is 1. The van der Waals surface area contributed by atoms with Gasteiger partial charge in [0.2, 0.25) is 0 Å². The number of hydrogen-bond acceptors (Lipinski definition) is 4. The van der Waals surface area contributed by atoms with E-state index in [-0.39, 0.29) is 12.4 Å². The van der Waals surface area contributed by atoms with Crippen molar-refractivity contribution in [3.8, 4) is 5.75 Å². The Bertz CT molecular complexity index is 350. The van der Waals surface area contributed by atoms with E-state index in [1.165, 1.54) is 0 Å². The summed E-state index contributed by atoms with van der Waals surface area (Å²) in [7, 11) is 4.01. The minimum Gasteiger partial charge on any atom is -0.492 e. The first kappa shape index (κ1) is 15.7. The van der Waals surface area contributed by atoms with Crippen LogP contribution in [0, 0.1) is 0 Å². The molecule has 0 aliphatic rings. The van der Waals surface area contributed by atoms with E-state index >= 15 is 0 Å². The first-order valence-electron chi connectivity index (χ1n) is 5.20. The zero-order valence-electron chi connectivity index (χ0n) is 10.4.